The van der Waals surface area contributed by atoms with Gasteiger partial charge in [0.1, 0.15) is 18.1 Å². The summed E-state index contributed by atoms with van der Waals surface area (Å²) in [6.45, 7) is -2.85. The number of alkyl halides is 2. The van der Waals surface area contributed by atoms with Crippen LogP contribution < -0.4 is 9.47 Å². The minimum absolute atomic E-state index is 0.0165. The first-order valence-corrected chi connectivity index (χ1v) is 7.55. The third-order valence-electron chi connectivity index (χ3n) is 3.33. The van der Waals surface area contributed by atoms with Gasteiger partial charge in [-0.2, -0.15) is 8.78 Å². The summed E-state index contributed by atoms with van der Waals surface area (Å²) in [5.41, 5.74) is 1.21. The van der Waals surface area contributed by atoms with Crippen molar-refractivity contribution in [2.24, 2.45) is 0 Å². The summed E-state index contributed by atoms with van der Waals surface area (Å²) in [5.74, 6) is 0.328. The molecule has 0 radical (unpaired) electrons. The molecule has 0 bridgehead atoms. The van der Waals surface area contributed by atoms with Crippen molar-refractivity contribution in [2.45, 2.75) is 6.61 Å². The average molecular weight is 381 g/mol. The zero-order valence-electron chi connectivity index (χ0n) is 11.8. The number of carbonyl (C=O) groups is 1. The number of Topliss-reactive ketones (excluding diaryl/α,β-unsaturated/α-hetero) is 1. The molecule has 2 aromatic rings. The number of carbonyl (C=O) groups excluding carboxylic acids is 1. The van der Waals surface area contributed by atoms with Crippen molar-refractivity contribution in [3.05, 3.63) is 63.6 Å². The van der Waals surface area contributed by atoms with Crippen LogP contribution in [0.25, 0.3) is 6.08 Å². The van der Waals surface area contributed by atoms with Crippen molar-refractivity contribution in [3.63, 3.8) is 0 Å². The minimum atomic E-state index is -2.93. The quantitative estimate of drug-likeness (QED) is 0.723. The third kappa shape index (κ3) is 3.42. The average Bonchev–Trinajstić information content (AvgIpc) is 2.52. The Labute approximate surface area is 139 Å². The Kier molecular flexibility index (Phi) is 4.43. The first-order chi connectivity index (χ1) is 11.0. The first-order valence-electron chi connectivity index (χ1n) is 6.76. The number of fused-ring (bicyclic) bond motifs is 1. The molecule has 1 aliphatic rings. The van der Waals surface area contributed by atoms with Crippen LogP contribution in [0.4, 0.5) is 8.78 Å². The van der Waals surface area contributed by atoms with Crippen LogP contribution in [0.5, 0.6) is 11.5 Å². The summed E-state index contributed by atoms with van der Waals surface area (Å²) in [6, 6.07) is 11.5. The Balaban J connectivity index is 1.97. The van der Waals surface area contributed by atoms with Crippen LogP contribution in [-0.2, 0) is 0 Å². The molecule has 3 nitrogen and oxygen atoms in total. The van der Waals surface area contributed by atoms with E-state index in [1.807, 2.05) is 0 Å². The van der Waals surface area contributed by atoms with Gasteiger partial charge in [0.2, 0.25) is 0 Å². The Morgan fingerprint density at radius 3 is 2.78 bits per heavy atom. The molecular weight excluding hydrogens is 370 g/mol. The van der Waals surface area contributed by atoms with Gasteiger partial charge in [0.25, 0.3) is 0 Å². The fourth-order valence-corrected chi connectivity index (χ4v) is 2.66. The van der Waals surface area contributed by atoms with Gasteiger partial charge in [-0.1, -0.05) is 34.1 Å². The summed E-state index contributed by atoms with van der Waals surface area (Å²) in [6.07, 6.45) is 1.52. The number of rotatable bonds is 3. The molecule has 1 aliphatic heterocycles. The zero-order valence-corrected chi connectivity index (χ0v) is 13.3. The number of hydrogen-bond acceptors (Lipinski definition) is 3. The fraction of sp³-hybridized carbons (Fsp3) is 0.118. The Morgan fingerprint density at radius 1 is 1.22 bits per heavy atom. The predicted octanol–water partition coefficient (Wildman–Crippen LogP) is 4.71. The maximum absolute atomic E-state index is 12.5. The second-order valence-corrected chi connectivity index (χ2v) is 5.76. The van der Waals surface area contributed by atoms with E-state index >= 15 is 0 Å². The molecule has 0 spiro atoms. The molecule has 0 N–H and O–H groups in total. The largest absolute Gasteiger partial charge is 0.488 e. The van der Waals surface area contributed by atoms with E-state index in [0.29, 0.717) is 22.4 Å². The lowest BCUT2D eigenvalue weighted by atomic mass is 9.98. The third-order valence-corrected chi connectivity index (χ3v) is 3.82. The van der Waals surface area contributed by atoms with Gasteiger partial charge in [-0.25, -0.2) is 0 Å². The van der Waals surface area contributed by atoms with Crippen LogP contribution in [0, 0.1) is 0 Å². The first kappa shape index (κ1) is 15.7. The van der Waals surface area contributed by atoms with Gasteiger partial charge < -0.3 is 9.47 Å². The van der Waals surface area contributed by atoms with Crippen LogP contribution in [0.15, 0.2) is 52.5 Å². The Hall–Kier alpha value is -2.21. The molecule has 0 amide bonds. The number of ketones is 1. The van der Waals surface area contributed by atoms with Crippen LogP contribution in [-0.4, -0.2) is 19.0 Å². The molecule has 0 aliphatic carbocycles. The number of benzene rings is 2. The molecule has 23 heavy (non-hydrogen) atoms. The Bertz CT molecular complexity index is 787. The second-order valence-electron chi connectivity index (χ2n) is 4.84. The molecule has 0 aromatic heterocycles. The second kappa shape index (κ2) is 6.50. The molecule has 2 aromatic carbocycles. The van der Waals surface area contributed by atoms with Gasteiger partial charge in [-0.15, -0.1) is 0 Å². The van der Waals surface area contributed by atoms with Crippen LogP contribution in [0.3, 0.4) is 0 Å². The zero-order chi connectivity index (χ0) is 16.4. The topological polar surface area (TPSA) is 35.5 Å². The molecular formula is C17H11BrF2O3. The van der Waals surface area contributed by atoms with Crippen LogP contribution >= 0.6 is 15.9 Å². The summed E-state index contributed by atoms with van der Waals surface area (Å²) in [5, 5.41) is 0. The highest BCUT2D eigenvalue weighted by molar-refractivity contribution is 9.10. The molecule has 0 fully saturated rings. The van der Waals surface area contributed by atoms with E-state index in [0.717, 1.165) is 4.47 Å². The molecule has 3 rings (SSSR count). The lowest BCUT2D eigenvalue weighted by Gasteiger charge is -2.19. The standard InChI is InChI=1S/C17H11BrF2O3/c18-12-5-6-15-13(8-12)16(21)11(9-22-15)7-10-3-1-2-4-14(10)23-17(19)20/h1-8,17H,9H2/b11-7+. The lowest BCUT2D eigenvalue weighted by molar-refractivity contribution is -0.0499. The molecule has 0 saturated carbocycles. The fourth-order valence-electron chi connectivity index (χ4n) is 2.30. The summed E-state index contributed by atoms with van der Waals surface area (Å²) < 4.78 is 35.7. The SMILES string of the molecule is O=C1/C(=C/c2ccccc2OC(F)F)COc2ccc(Br)cc21. The maximum atomic E-state index is 12.5. The molecule has 0 atom stereocenters. The van der Waals surface area contributed by atoms with Gasteiger partial charge >= 0.3 is 6.61 Å². The highest BCUT2D eigenvalue weighted by atomic mass is 79.9. The van der Waals surface area contributed by atoms with Gasteiger partial charge in [0.15, 0.2) is 5.78 Å². The number of para-hydroxylation sites is 1. The maximum Gasteiger partial charge on any atom is 0.387 e. The van der Waals surface area contributed by atoms with E-state index in [9.17, 15) is 13.6 Å². The van der Waals surface area contributed by atoms with E-state index in [2.05, 4.69) is 20.7 Å². The normalized spacial score (nSPS) is 15.5. The number of ether oxygens (including phenoxy) is 2. The van der Waals surface area contributed by atoms with Crippen molar-refractivity contribution in [2.75, 3.05) is 6.61 Å². The monoisotopic (exact) mass is 380 g/mol. The highest BCUT2D eigenvalue weighted by Crippen LogP contribution is 2.31. The van der Waals surface area contributed by atoms with Crippen LogP contribution in [0.2, 0.25) is 0 Å². The lowest BCUT2D eigenvalue weighted by Crippen LogP contribution is -2.19. The van der Waals surface area contributed by atoms with E-state index in [1.54, 1.807) is 36.4 Å². The van der Waals surface area contributed by atoms with E-state index < -0.39 is 6.61 Å². The van der Waals surface area contributed by atoms with E-state index in [4.69, 9.17) is 4.74 Å². The summed E-state index contributed by atoms with van der Waals surface area (Å²) in [7, 11) is 0. The smallest absolute Gasteiger partial charge is 0.387 e. The van der Waals surface area contributed by atoms with Crippen molar-refractivity contribution in [3.8, 4) is 11.5 Å². The predicted molar refractivity (Wildman–Crippen MR) is 85.0 cm³/mol. The van der Waals surface area contributed by atoms with Gasteiger partial charge in [-0.05, 0) is 30.3 Å². The minimum Gasteiger partial charge on any atom is -0.488 e. The highest BCUT2D eigenvalue weighted by Gasteiger charge is 2.24. The van der Waals surface area contributed by atoms with Crippen molar-refractivity contribution >= 4 is 27.8 Å². The van der Waals surface area contributed by atoms with Gasteiger partial charge in [0, 0.05) is 15.6 Å². The van der Waals surface area contributed by atoms with Gasteiger partial charge in [0.05, 0.1) is 5.56 Å². The molecule has 6 heteroatoms. The Morgan fingerprint density at radius 2 is 2.00 bits per heavy atom. The van der Waals surface area contributed by atoms with Crippen molar-refractivity contribution in [1.82, 2.24) is 0 Å². The van der Waals surface area contributed by atoms with E-state index in [1.165, 1.54) is 12.1 Å². The number of hydrogen-bond donors (Lipinski definition) is 0. The molecule has 0 saturated heterocycles. The number of halogens is 3. The molecule has 0 unspecified atom stereocenters. The summed E-state index contributed by atoms with van der Waals surface area (Å²) >= 11 is 3.31. The summed E-state index contributed by atoms with van der Waals surface area (Å²) in [4.78, 5) is 12.5. The van der Waals surface area contributed by atoms with E-state index in [-0.39, 0.29) is 18.1 Å². The van der Waals surface area contributed by atoms with Crippen LogP contribution in [0.1, 0.15) is 15.9 Å². The van der Waals surface area contributed by atoms with Crippen molar-refractivity contribution < 1.29 is 23.0 Å². The van der Waals surface area contributed by atoms with Crippen molar-refractivity contribution in [1.29, 1.82) is 0 Å². The van der Waals surface area contributed by atoms with Gasteiger partial charge in [-0.3, -0.25) is 4.79 Å². The molecule has 1 heterocycles. The molecule has 118 valence electrons.